The summed E-state index contributed by atoms with van der Waals surface area (Å²) in [5.74, 6) is -4.05. The number of nitrogens with one attached hydrogen (secondary N) is 1. The van der Waals surface area contributed by atoms with Crippen LogP contribution in [-0.4, -0.2) is 36.5 Å². The van der Waals surface area contributed by atoms with E-state index < -0.39 is 28.9 Å². The summed E-state index contributed by atoms with van der Waals surface area (Å²) >= 11 is 0. The van der Waals surface area contributed by atoms with Gasteiger partial charge in [-0.15, -0.1) is 12.4 Å². The fourth-order valence-electron chi connectivity index (χ4n) is 2.80. The minimum absolute atomic E-state index is 0. The average Bonchev–Trinajstić information content (AvgIpc) is 3.35. The summed E-state index contributed by atoms with van der Waals surface area (Å²) in [5.41, 5.74) is -0.400. The zero-order valence-corrected chi connectivity index (χ0v) is 13.5. The van der Waals surface area contributed by atoms with E-state index in [1.54, 1.807) is 0 Å². The van der Waals surface area contributed by atoms with Crippen LogP contribution in [0, 0.1) is 23.4 Å². The Balaban J connectivity index is 0.00000192. The first-order valence-electron chi connectivity index (χ1n) is 7.72. The number of carbonyl (C=O) groups is 1. The van der Waals surface area contributed by atoms with Crippen LogP contribution >= 0.6 is 12.4 Å². The van der Waals surface area contributed by atoms with Gasteiger partial charge in [0.1, 0.15) is 0 Å². The van der Waals surface area contributed by atoms with Crippen molar-refractivity contribution < 1.29 is 18.0 Å². The molecule has 1 aliphatic heterocycles. The molecule has 0 atom stereocenters. The molecule has 0 radical (unpaired) electrons. The third-order valence-corrected chi connectivity index (χ3v) is 4.44. The lowest BCUT2D eigenvalue weighted by Crippen LogP contribution is -2.45. The second-order valence-corrected chi connectivity index (χ2v) is 6.14. The quantitative estimate of drug-likeness (QED) is 0.848. The first kappa shape index (κ1) is 18.1. The number of carbonyl (C=O) groups excluding carboxylic acids is 1. The van der Waals surface area contributed by atoms with Gasteiger partial charge in [-0.2, -0.15) is 0 Å². The molecule has 1 saturated carbocycles. The molecule has 1 aromatic rings. The lowest BCUT2D eigenvalue weighted by molar-refractivity contribution is 0.0699. The summed E-state index contributed by atoms with van der Waals surface area (Å²) in [6.07, 6.45) is 4.17. The maximum atomic E-state index is 13.7. The fourth-order valence-corrected chi connectivity index (χ4v) is 2.80. The summed E-state index contributed by atoms with van der Waals surface area (Å²) in [7, 11) is 0. The van der Waals surface area contributed by atoms with Crippen LogP contribution in [0.4, 0.5) is 13.2 Å². The van der Waals surface area contributed by atoms with Gasteiger partial charge in [-0.1, -0.05) is 0 Å². The lowest BCUT2D eigenvalue weighted by Gasteiger charge is -2.32. The molecule has 3 nitrogen and oxygen atoms in total. The van der Waals surface area contributed by atoms with Crippen molar-refractivity contribution in [1.82, 2.24) is 10.2 Å². The molecule has 1 heterocycles. The lowest BCUT2D eigenvalue weighted by atomic mass is 10.0. The van der Waals surface area contributed by atoms with Crippen LogP contribution in [0.1, 0.15) is 36.0 Å². The number of amides is 1. The maximum Gasteiger partial charge on any atom is 0.256 e. The molecular weight excluding hydrogens is 329 g/mol. The molecule has 128 valence electrons. The highest BCUT2D eigenvalue weighted by Crippen LogP contribution is 2.28. The first-order chi connectivity index (χ1) is 10.6. The third-order valence-electron chi connectivity index (χ3n) is 4.44. The van der Waals surface area contributed by atoms with Crippen LogP contribution in [0.25, 0.3) is 0 Å². The maximum absolute atomic E-state index is 13.7. The molecule has 1 saturated heterocycles. The second kappa shape index (κ2) is 7.53. The molecule has 1 N–H and O–H groups in total. The molecule has 23 heavy (non-hydrogen) atoms. The summed E-state index contributed by atoms with van der Waals surface area (Å²) in [6.45, 7) is 2.02. The van der Waals surface area contributed by atoms with E-state index in [2.05, 4.69) is 5.32 Å². The van der Waals surface area contributed by atoms with Crippen LogP contribution in [0.15, 0.2) is 12.1 Å². The van der Waals surface area contributed by atoms with Crippen LogP contribution in [0.2, 0.25) is 0 Å². The Morgan fingerprint density at radius 1 is 1.09 bits per heavy atom. The minimum Gasteiger partial charge on any atom is -0.338 e. The van der Waals surface area contributed by atoms with Crippen molar-refractivity contribution in [3.05, 3.63) is 35.1 Å². The second-order valence-electron chi connectivity index (χ2n) is 6.14. The molecule has 2 fully saturated rings. The van der Waals surface area contributed by atoms with E-state index in [-0.39, 0.29) is 12.4 Å². The smallest absolute Gasteiger partial charge is 0.256 e. The number of benzene rings is 1. The Hall–Kier alpha value is -1.27. The molecule has 1 aromatic carbocycles. The van der Waals surface area contributed by atoms with Gasteiger partial charge >= 0.3 is 0 Å². The molecule has 1 aliphatic carbocycles. The van der Waals surface area contributed by atoms with Gasteiger partial charge in [-0.25, -0.2) is 13.2 Å². The van der Waals surface area contributed by atoms with E-state index in [9.17, 15) is 18.0 Å². The Bertz CT molecular complexity index is 573. The standard InChI is InChI=1S/C16H19F3N2O.ClH/c17-13-4-3-12(14(18)15(13)19)16(22)21-7-5-11(6-8-21)20-9-10-1-2-10;/h3-4,10-11,20H,1-2,5-9H2;1H. The van der Waals surface area contributed by atoms with Crippen LogP contribution < -0.4 is 5.32 Å². The Morgan fingerprint density at radius 2 is 1.74 bits per heavy atom. The van der Waals surface area contributed by atoms with E-state index in [0.29, 0.717) is 19.1 Å². The zero-order valence-electron chi connectivity index (χ0n) is 12.7. The van der Waals surface area contributed by atoms with E-state index in [1.165, 1.54) is 17.7 Å². The molecule has 1 amide bonds. The van der Waals surface area contributed by atoms with Crippen molar-refractivity contribution in [3.63, 3.8) is 0 Å². The molecular formula is C16H20ClF3N2O. The van der Waals surface area contributed by atoms with Gasteiger partial charge in [0.25, 0.3) is 5.91 Å². The number of likely N-dealkylation sites (tertiary alicyclic amines) is 1. The number of rotatable bonds is 4. The summed E-state index contributed by atoms with van der Waals surface area (Å²) in [6, 6.07) is 2.17. The highest BCUT2D eigenvalue weighted by molar-refractivity contribution is 5.94. The van der Waals surface area contributed by atoms with E-state index >= 15 is 0 Å². The third kappa shape index (κ3) is 4.18. The topological polar surface area (TPSA) is 32.3 Å². The van der Waals surface area contributed by atoms with Crippen molar-refractivity contribution >= 4 is 18.3 Å². The van der Waals surface area contributed by atoms with Crippen molar-refractivity contribution in [2.45, 2.75) is 31.7 Å². The van der Waals surface area contributed by atoms with Crippen LogP contribution in [0.3, 0.4) is 0 Å². The Kier molecular flexibility index (Phi) is 5.92. The number of nitrogens with zero attached hydrogens (tertiary/aromatic N) is 1. The summed E-state index contributed by atoms with van der Waals surface area (Å²) in [5, 5.41) is 3.49. The average molecular weight is 349 g/mol. The van der Waals surface area contributed by atoms with Gasteiger partial charge in [0.05, 0.1) is 5.56 Å². The van der Waals surface area contributed by atoms with Crippen molar-refractivity contribution in [2.24, 2.45) is 5.92 Å². The number of hydrogen-bond acceptors (Lipinski definition) is 2. The highest BCUT2D eigenvalue weighted by Gasteiger charge is 2.28. The van der Waals surface area contributed by atoms with E-state index in [1.807, 2.05) is 0 Å². The van der Waals surface area contributed by atoms with Crippen molar-refractivity contribution in [1.29, 1.82) is 0 Å². The van der Waals surface area contributed by atoms with Gasteiger partial charge in [0.2, 0.25) is 0 Å². The molecule has 7 heteroatoms. The van der Waals surface area contributed by atoms with E-state index in [0.717, 1.165) is 37.4 Å². The van der Waals surface area contributed by atoms with Crippen LogP contribution in [-0.2, 0) is 0 Å². The zero-order chi connectivity index (χ0) is 15.7. The monoisotopic (exact) mass is 348 g/mol. The molecule has 0 bridgehead atoms. The predicted molar refractivity (Wildman–Crippen MR) is 83.2 cm³/mol. The fraction of sp³-hybridized carbons (Fsp3) is 0.562. The SMILES string of the molecule is Cl.O=C(c1ccc(F)c(F)c1F)N1CCC(NCC2CC2)CC1. The first-order valence-corrected chi connectivity index (χ1v) is 7.72. The molecule has 0 spiro atoms. The Labute approximate surface area is 139 Å². The Morgan fingerprint density at radius 3 is 2.35 bits per heavy atom. The van der Waals surface area contributed by atoms with Gasteiger partial charge in [-0.3, -0.25) is 4.79 Å². The van der Waals surface area contributed by atoms with Gasteiger partial charge in [-0.05, 0) is 50.3 Å². The van der Waals surface area contributed by atoms with Crippen LogP contribution in [0.5, 0.6) is 0 Å². The molecule has 2 aliphatic rings. The predicted octanol–water partition coefficient (Wildman–Crippen LogP) is 3.13. The highest BCUT2D eigenvalue weighted by atomic mass is 35.5. The molecule has 0 unspecified atom stereocenters. The van der Waals surface area contributed by atoms with Gasteiger partial charge < -0.3 is 10.2 Å². The molecule has 3 rings (SSSR count). The number of hydrogen-bond donors (Lipinski definition) is 1. The number of halogens is 4. The summed E-state index contributed by atoms with van der Waals surface area (Å²) in [4.78, 5) is 13.7. The van der Waals surface area contributed by atoms with Gasteiger partial charge in [0, 0.05) is 19.1 Å². The van der Waals surface area contributed by atoms with Crippen molar-refractivity contribution in [3.8, 4) is 0 Å². The minimum atomic E-state index is -1.59. The molecule has 0 aromatic heterocycles. The van der Waals surface area contributed by atoms with E-state index in [4.69, 9.17) is 0 Å². The normalized spacial score (nSPS) is 18.7. The summed E-state index contributed by atoms with van der Waals surface area (Å²) < 4.78 is 39.8. The number of piperidine rings is 1. The van der Waals surface area contributed by atoms with Gasteiger partial charge in [0.15, 0.2) is 17.5 Å². The van der Waals surface area contributed by atoms with Crippen molar-refractivity contribution in [2.75, 3.05) is 19.6 Å². The largest absolute Gasteiger partial charge is 0.338 e.